The lowest BCUT2D eigenvalue weighted by atomic mass is 10.3. The van der Waals surface area contributed by atoms with Crippen molar-refractivity contribution in [3.05, 3.63) is 60.8 Å². The Hall–Kier alpha value is -3.65. The zero-order valence-corrected chi connectivity index (χ0v) is 15.3. The van der Waals surface area contributed by atoms with E-state index in [1.54, 1.807) is 18.0 Å². The zero-order chi connectivity index (χ0) is 19.3. The topological polar surface area (TPSA) is 97.1 Å². The summed E-state index contributed by atoms with van der Waals surface area (Å²) in [5.74, 6) is 1.81. The smallest absolute Gasteiger partial charge is 0.226 e. The molecule has 0 spiro atoms. The molecule has 8 nitrogen and oxygen atoms in total. The maximum atomic E-state index is 9.12. The van der Waals surface area contributed by atoms with E-state index in [2.05, 4.69) is 25.7 Å². The van der Waals surface area contributed by atoms with Crippen LogP contribution in [0.1, 0.15) is 0 Å². The van der Waals surface area contributed by atoms with Gasteiger partial charge in [-0.3, -0.25) is 0 Å². The van der Waals surface area contributed by atoms with E-state index in [1.165, 1.54) is 0 Å². The second kappa shape index (κ2) is 7.93. The van der Waals surface area contributed by atoms with Gasteiger partial charge in [0.25, 0.3) is 0 Å². The summed E-state index contributed by atoms with van der Waals surface area (Å²) in [5.41, 5.74) is 2.43. The SMILES string of the molecule is COc1ccc(Nc2nc(NCCO)nc3c2cnn3-c2ccccc2)cc1. The highest BCUT2D eigenvalue weighted by molar-refractivity contribution is 5.90. The fourth-order valence-electron chi connectivity index (χ4n) is 2.82. The Bertz CT molecular complexity index is 1060. The van der Waals surface area contributed by atoms with Crippen molar-refractivity contribution in [2.75, 3.05) is 30.9 Å². The predicted molar refractivity (Wildman–Crippen MR) is 109 cm³/mol. The molecule has 0 aliphatic carbocycles. The van der Waals surface area contributed by atoms with E-state index in [0.29, 0.717) is 24.0 Å². The van der Waals surface area contributed by atoms with Crippen LogP contribution >= 0.6 is 0 Å². The number of benzene rings is 2. The molecule has 2 aromatic carbocycles. The maximum absolute atomic E-state index is 9.12. The Morgan fingerprint density at radius 1 is 1.04 bits per heavy atom. The summed E-state index contributed by atoms with van der Waals surface area (Å²) in [5, 5.41) is 20.7. The molecule has 28 heavy (non-hydrogen) atoms. The molecule has 0 atom stereocenters. The third-order valence-corrected chi connectivity index (χ3v) is 4.18. The van der Waals surface area contributed by atoms with Crippen LogP contribution in [0.25, 0.3) is 16.7 Å². The fraction of sp³-hybridized carbons (Fsp3) is 0.150. The Morgan fingerprint density at radius 3 is 2.54 bits per heavy atom. The van der Waals surface area contributed by atoms with Crippen LogP contribution in [0.3, 0.4) is 0 Å². The Labute approximate surface area is 161 Å². The number of aliphatic hydroxyl groups is 1. The normalized spacial score (nSPS) is 10.8. The number of rotatable bonds is 7. The van der Waals surface area contributed by atoms with Gasteiger partial charge >= 0.3 is 0 Å². The Balaban J connectivity index is 1.78. The van der Waals surface area contributed by atoms with Gasteiger partial charge in [-0.1, -0.05) is 18.2 Å². The Kier molecular flexibility index (Phi) is 5.03. The number of hydrogen-bond donors (Lipinski definition) is 3. The van der Waals surface area contributed by atoms with Crippen LogP contribution in [0.15, 0.2) is 60.8 Å². The van der Waals surface area contributed by atoms with Crippen LogP contribution in [-0.4, -0.2) is 45.1 Å². The van der Waals surface area contributed by atoms with E-state index in [4.69, 9.17) is 9.84 Å². The average Bonchev–Trinajstić information content (AvgIpc) is 3.18. The van der Waals surface area contributed by atoms with Gasteiger partial charge in [-0.05, 0) is 36.4 Å². The summed E-state index contributed by atoms with van der Waals surface area (Å²) in [7, 11) is 1.63. The molecule has 0 fully saturated rings. The van der Waals surface area contributed by atoms with Gasteiger partial charge < -0.3 is 20.5 Å². The molecule has 0 aliphatic heterocycles. The van der Waals surface area contributed by atoms with Crippen molar-refractivity contribution in [3.8, 4) is 11.4 Å². The second-order valence-electron chi connectivity index (χ2n) is 6.03. The van der Waals surface area contributed by atoms with Gasteiger partial charge in [-0.2, -0.15) is 15.1 Å². The van der Waals surface area contributed by atoms with E-state index in [9.17, 15) is 0 Å². The standard InChI is InChI=1S/C20H20N6O2/c1-28-16-9-7-14(8-10-16)23-18-17-13-22-26(15-5-3-2-4-6-15)19(17)25-20(24-18)21-11-12-27/h2-10,13,27H,11-12H2,1H3,(H2,21,23,24,25). The first-order valence-electron chi connectivity index (χ1n) is 8.85. The van der Waals surface area contributed by atoms with Gasteiger partial charge in [0.2, 0.25) is 5.95 Å². The Morgan fingerprint density at radius 2 is 1.82 bits per heavy atom. The first kappa shape index (κ1) is 17.7. The highest BCUT2D eigenvalue weighted by Crippen LogP contribution is 2.27. The summed E-state index contributed by atoms with van der Waals surface area (Å²) in [4.78, 5) is 9.14. The average molecular weight is 376 g/mol. The quantitative estimate of drug-likeness (QED) is 0.456. The molecular weight excluding hydrogens is 356 g/mol. The van der Waals surface area contributed by atoms with E-state index in [0.717, 1.165) is 22.5 Å². The minimum absolute atomic E-state index is 0.0133. The van der Waals surface area contributed by atoms with Crippen LogP contribution in [0.4, 0.5) is 17.5 Å². The minimum atomic E-state index is -0.0133. The fourth-order valence-corrected chi connectivity index (χ4v) is 2.82. The molecule has 4 aromatic rings. The highest BCUT2D eigenvalue weighted by Gasteiger charge is 2.14. The zero-order valence-electron chi connectivity index (χ0n) is 15.3. The van der Waals surface area contributed by atoms with Crippen LogP contribution in [0.5, 0.6) is 5.75 Å². The molecular formula is C20H20N6O2. The number of ether oxygens (including phenoxy) is 1. The van der Waals surface area contributed by atoms with Gasteiger partial charge in [0.05, 0.1) is 31.0 Å². The molecule has 3 N–H and O–H groups in total. The van der Waals surface area contributed by atoms with Crippen molar-refractivity contribution in [1.82, 2.24) is 19.7 Å². The molecule has 0 bridgehead atoms. The molecule has 0 saturated carbocycles. The third-order valence-electron chi connectivity index (χ3n) is 4.18. The lowest BCUT2D eigenvalue weighted by Crippen LogP contribution is -2.10. The van der Waals surface area contributed by atoms with Gasteiger partial charge in [0, 0.05) is 12.2 Å². The number of aromatic nitrogens is 4. The van der Waals surface area contributed by atoms with E-state index in [1.807, 2.05) is 54.6 Å². The van der Waals surface area contributed by atoms with Gasteiger partial charge in [0.1, 0.15) is 11.6 Å². The summed E-state index contributed by atoms with van der Waals surface area (Å²) in [6.07, 6.45) is 1.74. The number of nitrogens with one attached hydrogen (secondary N) is 2. The van der Waals surface area contributed by atoms with Gasteiger partial charge in [-0.15, -0.1) is 0 Å². The third kappa shape index (κ3) is 3.58. The first-order valence-corrected chi connectivity index (χ1v) is 8.85. The number of aliphatic hydroxyl groups excluding tert-OH is 1. The molecule has 0 amide bonds. The lowest BCUT2D eigenvalue weighted by Gasteiger charge is -2.11. The molecule has 142 valence electrons. The number of nitrogens with zero attached hydrogens (tertiary/aromatic N) is 4. The van der Waals surface area contributed by atoms with Crippen molar-refractivity contribution in [1.29, 1.82) is 0 Å². The monoisotopic (exact) mass is 376 g/mol. The van der Waals surface area contributed by atoms with Crippen LogP contribution in [-0.2, 0) is 0 Å². The molecule has 0 unspecified atom stereocenters. The molecule has 4 rings (SSSR count). The summed E-state index contributed by atoms with van der Waals surface area (Å²) in [6.45, 7) is 0.341. The molecule has 8 heteroatoms. The number of fused-ring (bicyclic) bond motifs is 1. The number of methoxy groups -OCH3 is 1. The molecule has 2 aromatic heterocycles. The van der Waals surface area contributed by atoms with E-state index in [-0.39, 0.29) is 6.61 Å². The van der Waals surface area contributed by atoms with Crippen molar-refractivity contribution in [2.24, 2.45) is 0 Å². The van der Waals surface area contributed by atoms with Crippen LogP contribution in [0.2, 0.25) is 0 Å². The summed E-state index contributed by atoms with van der Waals surface area (Å²) < 4.78 is 6.97. The summed E-state index contributed by atoms with van der Waals surface area (Å²) in [6, 6.07) is 17.4. The van der Waals surface area contributed by atoms with Crippen LogP contribution in [0, 0.1) is 0 Å². The number of hydrogen-bond acceptors (Lipinski definition) is 7. The molecule has 0 aliphatic rings. The summed E-state index contributed by atoms with van der Waals surface area (Å²) >= 11 is 0. The minimum Gasteiger partial charge on any atom is -0.497 e. The van der Waals surface area contributed by atoms with Gasteiger partial charge in [-0.25, -0.2) is 4.68 Å². The number of anilines is 3. The van der Waals surface area contributed by atoms with Crippen molar-refractivity contribution in [3.63, 3.8) is 0 Å². The molecule has 2 heterocycles. The highest BCUT2D eigenvalue weighted by atomic mass is 16.5. The van der Waals surface area contributed by atoms with E-state index < -0.39 is 0 Å². The molecule has 0 radical (unpaired) electrons. The van der Waals surface area contributed by atoms with Crippen molar-refractivity contribution < 1.29 is 9.84 Å². The van der Waals surface area contributed by atoms with Crippen molar-refractivity contribution in [2.45, 2.75) is 0 Å². The lowest BCUT2D eigenvalue weighted by molar-refractivity contribution is 0.311. The van der Waals surface area contributed by atoms with Gasteiger partial charge in [0.15, 0.2) is 5.65 Å². The van der Waals surface area contributed by atoms with Crippen LogP contribution < -0.4 is 15.4 Å². The second-order valence-corrected chi connectivity index (χ2v) is 6.03. The largest absolute Gasteiger partial charge is 0.497 e. The van der Waals surface area contributed by atoms with Crippen molar-refractivity contribution >= 4 is 28.5 Å². The first-order chi connectivity index (χ1) is 13.8. The molecule has 0 saturated heterocycles. The number of para-hydroxylation sites is 1. The predicted octanol–water partition coefficient (Wildman–Crippen LogP) is 2.97. The van der Waals surface area contributed by atoms with E-state index >= 15 is 0 Å². The maximum Gasteiger partial charge on any atom is 0.226 e.